The van der Waals surface area contributed by atoms with Crippen LogP contribution in [0.5, 0.6) is 5.75 Å². The molecule has 0 aliphatic heterocycles. The number of Topliss-reactive ketones (excluding diaryl/α,β-unsaturated/α-hetero) is 1. The molecule has 0 saturated heterocycles. The summed E-state index contributed by atoms with van der Waals surface area (Å²) in [7, 11) is 1.61. The van der Waals surface area contributed by atoms with E-state index in [-0.39, 0.29) is 29.9 Å². The van der Waals surface area contributed by atoms with E-state index in [9.17, 15) is 9.59 Å². The molecule has 4 aromatic rings. The van der Waals surface area contributed by atoms with Gasteiger partial charge in [0.15, 0.2) is 16.8 Å². The number of aryl methyl sites for hydroxylation is 1. The third-order valence-corrected chi connectivity index (χ3v) is 7.61. The molecule has 0 fully saturated rings. The zero-order valence-electron chi connectivity index (χ0n) is 22.7. The van der Waals surface area contributed by atoms with Crippen LogP contribution in [-0.4, -0.2) is 43.9 Å². The van der Waals surface area contributed by atoms with Crippen molar-refractivity contribution in [2.75, 3.05) is 12.9 Å². The third-order valence-electron chi connectivity index (χ3n) is 6.64. The second kappa shape index (κ2) is 12.3. The number of hydrogen-bond acceptors (Lipinski definition) is 6. The van der Waals surface area contributed by atoms with Gasteiger partial charge in [0.1, 0.15) is 5.75 Å². The van der Waals surface area contributed by atoms with E-state index < -0.39 is 0 Å². The minimum absolute atomic E-state index is 0.0756. The van der Waals surface area contributed by atoms with Crippen molar-refractivity contribution in [1.29, 1.82) is 0 Å². The normalized spacial score (nSPS) is 12.0. The number of hydrogen-bond donors (Lipinski definition) is 1. The topological polar surface area (TPSA) is 91.0 Å². The van der Waals surface area contributed by atoms with Gasteiger partial charge in [0.05, 0.1) is 25.3 Å². The Hall–Kier alpha value is -3.59. The van der Waals surface area contributed by atoms with Crippen molar-refractivity contribution in [1.82, 2.24) is 24.6 Å². The van der Waals surface area contributed by atoms with Gasteiger partial charge in [0.25, 0.3) is 0 Å². The quantitative estimate of drug-likeness (QED) is 0.194. The standard InChI is InChI=1S/C29H35N5O3S/c1-6-16-34-20(4)27(23-10-8-9-11-24(23)34)25(35)18-38-29-32-31-28(33(29)7-2)19(3)30-26(36)17-21-12-14-22(37-5)15-13-21/h8-15,19H,6-7,16-18H2,1-5H3,(H,30,36). The molecule has 9 heteroatoms. The van der Waals surface area contributed by atoms with Gasteiger partial charge >= 0.3 is 0 Å². The molecular weight excluding hydrogens is 498 g/mol. The van der Waals surface area contributed by atoms with E-state index in [2.05, 4.69) is 33.1 Å². The largest absolute Gasteiger partial charge is 0.497 e. The molecule has 4 rings (SSSR count). The number of nitrogens with one attached hydrogen (secondary N) is 1. The van der Waals surface area contributed by atoms with Gasteiger partial charge in [-0.2, -0.15) is 0 Å². The van der Waals surface area contributed by atoms with Gasteiger partial charge in [-0.25, -0.2) is 0 Å². The van der Waals surface area contributed by atoms with Crippen LogP contribution in [0.15, 0.2) is 53.7 Å². The van der Waals surface area contributed by atoms with Crippen molar-refractivity contribution >= 4 is 34.4 Å². The maximum absolute atomic E-state index is 13.4. The van der Waals surface area contributed by atoms with Crippen LogP contribution in [0.25, 0.3) is 10.9 Å². The molecule has 1 unspecified atom stereocenters. The molecule has 0 bridgehead atoms. The number of fused-ring (bicyclic) bond motifs is 1. The summed E-state index contributed by atoms with van der Waals surface area (Å²) in [5.74, 6) is 1.66. The minimum Gasteiger partial charge on any atom is -0.497 e. The van der Waals surface area contributed by atoms with E-state index in [1.54, 1.807) is 7.11 Å². The maximum atomic E-state index is 13.4. The summed E-state index contributed by atoms with van der Waals surface area (Å²) in [6, 6.07) is 15.2. The fourth-order valence-corrected chi connectivity index (χ4v) is 5.69. The Balaban J connectivity index is 1.44. The molecular formula is C29H35N5O3S. The fraction of sp³-hybridized carbons (Fsp3) is 0.379. The molecule has 8 nitrogen and oxygen atoms in total. The van der Waals surface area contributed by atoms with Gasteiger partial charge in [-0.15, -0.1) is 10.2 Å². The summed E-state index contributed by atoms with van der Waals surface area (Å²) < 4.78 is 9.37. The molecule has 0 radical (unpaired) electrons. The van der Waals surface area contributed by atoms with Gasteiger partial charge in [0.2, 0.25) is 5.91 Å². The summed E-state index contributed by atoms with van der Waals surface area (Å²) in [5.41, 5.74) is 3.78. The van der Waals surface area contributed by atoms with E-state index in [1.165, 1.54) is 11.8 Å². The summed E-state index contributed by atoms with van der Waals surface area (Å²) >= 11 is 1.38. The summed E-state index contributed by atoms with van der Waals surface area (Å²) in [5, 5.41) is 13.4. The Labute approximate surface area is 227 Å². The van der Waals surface area contributed by atoms with Crippen LogP contribution in [0.3, 0.4) is 0 Å². The fourth-order valence-electron chi connectivity index (χ4n) is 4.81. The first-order valence-corrected chi connectivity index (χ1v) is 14.0. The van der Waals surface area contributed by atoms with Crippen LogP contribution >= 0.6 is 11.8 Å². The molecule has 1 N–H and O–H groups in total. The van der Waals surface area contributed by atoms with Crippen molar-refractivity contribution in [3.05, 3.63) is 71.2 Å². The zero-order valence-corrected chi connectivity index (χ0v) is 23.5. The highest BCUT2D eigenvalue weighted by Crippen LogP contribution is 2.29. The van der Waals surface area contributed by atoms with Crippen LogP contribution in [0.4, 0.5) is 0 Å². The SMILES string of the molecule is CCCn1c(C)c(C(=O)CSc2nnc(C(C)NC(=O)Cc3ccc(OC)cc3)n2CC)c2ccccc21. The van der Waals surface area contributed by atoms with Crippen LogP contribution in [0.2, 0.25) is 0 Å². The lowest BCUT2D eigenvalue weighted by molar-refractivity contribution is -0.121. The summed E-state index contributed by atoms with van der Waals surface area (Å²) in [4.78, 5) is 26.1. The molecule has 0 aliphatic rings. The molecule has 0 saturated carbocycles. The lowest BCUT2D eigenvalue weighted by atomic mass is 10.1. The van der Waals surface area contributed by atoms with E-state index >= 15 is 0 Å². The van der Waals surface area contributed by atoms with Crippen molar-refractivity contribution in [2.45, 2.75) is 64.8 Å². The predicted molar refractivity (Wildman–Crippen MR) is 151 cm³/mol. The number of thioether (sulfide) groups is 1. The average molecular weight is 534 g/mol. The highest BCUT2D eigenvalue weighted by molar-refractivity contribution is 7.99. The Morgan fingerprint density at radius 1 is 1.05 bits per heavy atom. The van der Waals surface area contributed by atoms with Crippen LogP contribution in [0, 0.1) is 6.92 Å². The van der Waals surface area contributed by atoms with Gasteiger partial charge in [-0.05, 0) is 51.0 Å². The zero-order chi connectivity index (χ0) is 27.2. The Kier molecular flexibility index (Phi) is 8.89. The average Bonchev–Trinajstić information content (AvgIpc) is 3.46. The molecule has 2 aromatic heterocycles. The second-order valence-corrected chi connectivity index (χ2v) is 10.2. The second-order valence-electron chi connectivity index (χ2n) is 9.24. The number of aromatic nitrogens is 4. The molecule has 1 atom stereocenters. The number of carbonyl (C=O) groups is 2. The molecule has 0 aliphatic carbocycles. The summed E-state index contributed by atoms with van der Waals surface area (Å²) in [6.45, 7) is 9.58. The van der Waals surface area contributed by atoms with E-state index in [0.717, 1.165) is 46.4 Å². The lowest BCUT2D eigenvalue weighted by Gasteiger charge is -2.15. The Morgan fingerprint density at radius 2 is 1.79 bits per heavy atom. The Morgan fingerprint density at radius 3 is 2.47 bits per heavy atom. The number of nitrogens with zero attached hydrogens (tertiary/aromatic N) is 4. The van der Waals surface area contributed by atoms with E-state index in [1.807, 2.05) is 67.8 Å². The lowest BCUT2D eigenvalue weighted by Crippen LogP contribution is -2.30. The number of methoxy groups -OCH3 is 1. The first-order valence-electron chi connectivity index (χ1n) is 13.0. The van der Waals surface area contributed by atoms with Gasteiger partial charge in [-0.1, -0.05) is 49.0 Å². The molecule has 1 amide bonds. The van der Waals surface area contributed by atoms with Gasteiger partial charge < -0.3 is 19.2 Å². The van der Waals surface area contributed by atoms with E-state index in [4.69, 9.17) is 4.74 Å². The first kappa shape index (κ1) is 27.4. The number of para-hydroxylation sites is 1. The van der Waals surface area contributed by atoms with Crippen molar-refractivity contribution in [3.63, 3.8) is 0 Å². The van der Waals surface area contributed by atoms with Gasteiger partial charge in [-0.3, -0.25) is 9.59 Å². The number of ether oxygens (including phenoxy) is 1. The maximum Gasteiger partial charge on any atom is 0.224 e. The number of ketones is 1. The Bertz CT molecular complexity index is 1420. The van der Waals surface area contributed by atoms with Crippen molar-refractivity contribution < 1.29 is 14.3 Å². The van der Waals surface area contributed by atoms with Crippen LogP contribution < -0.4 is 10.1 Å². The smallest absolute Gasteiger partial charge is 0.224 e. The first-order chi connectivity index (χ1) is 18.4. The monoisotopic (exact) mass is 533 g/mol. The number of amides is 1. The predicted octanol–water partition coefficient (Wildman–Crippen LogP) is 5.37. The summed E-state index contributed by atoms with van der Waals surface area (Å²) in [6.07, 6.45) is 1.26. The molecule has 0 spiro atoms. The highest BCUT2D eigenvalue weighted by Gasteiger charge is 2.23. The van der Waals surface area contributed by atoms with Crippen LogP contribution in [-0.2, 0) is 24.3 Å². The molecule has 2 heterocycles. The molecule has 38 heavy (non-hydrogen) atoms. The minimum atomic E-state index is -0.326. The number of rotatable bonds is 12. The van der Waals surface area contributed by atoms with Crippen molar-refractivity contribution in [2.24, 2.45) is 0 Å². The molecule has 200 valence electrons. The van der Waals surface area contributed by atoms with Crippen LogP contribution in [0.1, 0.15) is 60.7 Å². The number of carbonyl (C=O) groups excluding carboxylic acids is 2. The third kappa shape index (κ3) is 5.78. The van der Waals surface area contributed by atoms with Gasteiger partial charge in [0, 0.05) is 35.2 Å². The molecule has 2 aromatic carbocycles. The highest BCUT2D eigenvalue weighted by atomic mass is 32.2. The van der Waals surface area contributed by atoms with E-state index in [0.29, 0.717) is 17.5 Å². The number of benzene rings is 2. The van der Waals surface area contributed by atoms with Crippen molar-refractivity contribution in [3.8, 4) is 5.75 Å².